The highest BCUT2D eigenvalue weighted by atomic mass is 14.7. The lowest BCUT2D eigenvalue weighted by Gasteiger charge is -2.35. The molecule has 0 spiro atoms. The minimum atomic E-state index is 0.449. The Bertz CT molecular complexity index is 165. The van der Waals surface area contributed by atoms with Crippen LogP contribution >= 0.6 is 0 Å². The quantitative estimate of drug-likeness (QED) is 0.737. The van der Waals surface area contributed by atoms with Crippen molar-refractivity contribution in [3.8, 4) is 0 Å². The van der Waals surface area contributed by atoms with Crippen LogP contribution in [-0.4, -0.2) is 6.04 Å². The standard InChI is InChI=1S/C13H27N/c1-9(2)7-13(14)12-6-5-10(3)11(4)8-12/h9-13H,5-8,14H2,1-4H3. The topological polar surface area (TPSA) is 26.0 Å². The van der Waals surface area contributed by atoms with Crippen molar-refractivity contribution in [1.29, 1.82) is 0 Å². The van der Waals surface area contributed by atoms with Crippen molar-refractivity contribution in [2.75, 3.05) is 0 Å². The summed E-state index contributed by atoms with van der Waals surface area (Å²) in [5, 5.41) is 0. The second-order valence-electron chi connectivity index (χ2n) is 5.82. The summed E-state index contributed by atoms with van der Waals surface area (Å²) in [4.78, 5) is 0. The third-order valence-electron chi connectivity index (χ3n) is 3.99. The second kappa shape index (κ2) is 5.16. The van der Waals surface area contributed by atoms with Gasteiger partial charge in [-0.2, -0.15) is 0 Å². The summed E-state index contributed by atoms with van der Waals surface area (Å²) in [6, 6.07) is 0.449. The lowest BCUT2D eigenvalue weighted by atomic mass is 9.72. The van der Waals surface area contributed by atoms with E-state index >= 15 is 0 Å². The fourth-order valence-corrected chi connectivity index (χ4v) is 2.71. The molecule has 1 aliphatic carbocycles. The van der Waals surface area contributed by atoms with Crippen LogP contribution in [0.15, 0.2) is 0 Å². The summed E-state index contributed by atoms with van der Waals surface area (Å²) in [7, 11) is 0. The van der Waals surface area contributed by atoms with Crippen LogP contribution in [0.25, 0.3) is 0 Å². The summed E-state index contributed by atoms with van der Waals surface area (Å²) in [6.45, 7) is 9.32. The van der Waals surface area contributed by atoms with Gasteiger partial charge in [0, 0.05) is 6.04 Å². The molecule has 0 amide bonds. The Morgan fingerprint density at radius 2 is 1.79 bits per heavy atom. The third kappa shape index (κ3) is 3.27. The second-order valence-corrected chi connectivity index (χ2v) is 5.82. The first-order valence-corrected chi connectivity index (χ1v) is 6.26. The van der Waals surface area contributed by atoms with Crippen molar-refractivity contribution in [3.05, 3.63) is 0 Å². The van der Waals surface area contributed by atoms with Crippen LogP contribution in [0.3, 0.4) is 0 Å². The minimum Gasteiger partial charge on any atom is -0.327 e. The number of hydrogen-bond donors (Lipinski definition) is 1. The van der Waals surface area contributed by atoms with E-state index < -0.39 is 0 Å². The highest BCUT2D eigenvalue weighted by Crippen LogP contribution is 2.35. The van der Waals surface area contributed by atoms with Crippen molar-refractivity contribution in [3.63, 3.8) is 0 Å². The summed E-state index contributed by atoms with van der Waals surface area (Å²) < 4.78 is 0. The van der Waals surface area contributed by atoms with E-state index in [2.05, 4.69) is 27.7 Å². The SMILES string of the molecule is CC(C)CC(N)C1CCC(C)C(C)C1. The van der Waals surface area contributed by atoms with Crippen LogP contribution < -0.4 is 5.73 Å². The van der Waals surface area contributed by atoms with Crippen LogP contribution in [0.5, 0.6) is 0 Å². The monoisotopic (exact) mass is 197 g/mol. The van der Waals surface area contributed by atoms with E-state index in [0.29, 0.717) is 6.04 Å². The molecule has 1 nitrogen and oxygen atoms in total. The fraction of sp³-hybridized carbons (Fsp3) is 1.00. The summed E-state index contributed by atoms with van der Waals surface area (Å²) >= 11 is 0. The Morgan fingerprint density at radius 3 is 2.29 bits per heavy atom. The van der Waals surface area contributed by atoms with Crippen LogP contribution in [0.4, 0.5) is 0 Å². The zero-order chi connectivity index (χ0) is 10.7. The Labute approximate surface area is 89.5 Å². The highest BCUT2D eigenvalue weighted by molar-refractivity contribution is 4.82. The average molecular weight is 197 g/mol. The zero-order valence-corrected chi connectivity index (χ0v) is 10.3. The van der Waals surface area contributed by atoms with E-state index in [1.165, 1.54) is 25.7 Å². The molecule has 2 N–H and O–H groups in total. The molecule has 0 heterocycles. The molecule has 84 valence electrons. The first kappa shape index (κ1) is 12.0. The molecule has 1 heteroatoms. The molecule has 1 rings (SSSR count). The summed E-state index contributed by atoms with van der Waals surface area (Å²) in [6.07, 6.45) is 5.30. The predicted octanol–water partition coefficient (Wildman–Crippen LogP) is 3.43. The minimum absolute atomic E-state index is 0.449. The van der Waals surface area contributed by atoms with Crippen molar-refractivity contribution >= 4 is 0 Å². The molecule has 14 heavy (non-hydrogen) atoms. The Kier molecular flexibility index (Phi) is 4.43. The van der Waals surface area contributed by atoms with Gasteiger partial charge in [-0.1, -0.05) is 34.1 Å². The molecular weight excluding hydrogens is 170 g/mol. The van der Waals surface area contributed by atoms with Gasteiger partial charge in [0.1, 0.15) is 0 Å². The Morgan fingerprint density at radius 1 is 1.14 bits per heavy atom. The lowest BCUT2D eigenvalue weighted by molar-refractivity contribution is 0.176. The smallest absolute Gasteiger partial charge is 0.00697 e. The molecule has 1 aliphatic rings. The Balaban J connectivity index is 2.38. The van der Waals surface area contributed by atoms with Gasteiger partial charge >= 0.3 is 0 Å². The van der Waals surface area contributed by atoms with E-state index in [0.717, 1.165) is 23.7 Å². The zero-order valence-electron chi connectivity index (χ0n) is 10.3. The summed E-state index contributed by atoms with van der Waals surface area (Å²) in [5.41, 5.74) is 6.26. The van der Waals surface area contributed by atoms with Gasteiger partial charge in [-0.05, 0) is 42.9 Å². The van der Waals surface area contributed by atoms with Gasteiger partial charge in [-0.25, -0.2) is 0 Å². The van der Waals surface area contributed by atoms with E-state index in [-0.39, 0.29) is 0 Å². The highest BCUT2D eigenvalue weighted by Gasteiger charge is 2.28. The Hall–Kier alpha value is -0.0400. The number of rotatable bonds is 3. The first-order chi connectivity index (χ1) is 6.50. The van der Waals surface area contributed by atoms with Gasteiger partial charge in [0.15, 0.2) is 0 Å². The van der Waals surface area contributed by atoms with E-state index in [9.17, 15) is 0 Å². The molecule has 0 aromatic rings. The van der Waals surface area contributed by atoms with E-state index in [1.807, 2.05) is 0 Å². The largest absolute Gasteiger partial charge is 0.327 e. The first-order valence-electron chi connectivity index (χ1n) is 6.26. The molecule has 1 fully saturated rings. The van der Waals surface area contributed by atoms with Crippen molar-refractivity contribution in [1.82, 2.24) is 0 Å². The lowest BCUT2D eigenvalue weighted by Crippen LogP contribution is -2.36. The summed E-state index contributed by atoms with van der Waals surface area (Å²) in [5.74, 6) is 3.34. The van der Waals surface area contributed by atoms with Gasteiger partial charge in [0.2, 0.25) is 0 Å². The van der Waals surface area contributed by atoms with E-state index in [1.54, 1.807) is 0 Å². The molecule has 0 aromatic heterocycles. The molecule has 0 bridgehead atoms. The van der Waals surface area contributed by atoms with Crippen molar-refractivity contribution in [2.45, 2.75) is 59.4 Å². The number of hydrogen-bond acceptors (Lipinski definition) is 1. The normalized spacial score (nSPS) is 36.0. The molecule has 4 atom stereocenters. The van der Waals surface area contributed by atoms with Crippen molar-refractivity contribution < 1.29 is 0 Å². The third-order valence-corrected chi connectivity index (χ3v) is 3.99. The van der Waals surface area contributed by atoms with Gasteiger partial charge in [-0.15, -0.1) is 0 Å². The predicted molar refractivity (Wildman–Crippen MR) is 63.1 cm³/mol. The van der Waals surface area contributed by atoms with Gasteiger partial charge in [0.05, 0.1) is 0 Å². The molecule has 4 unspecified atom stereocenters. The van der Waals surface area contributed by atoms with Gasteiger partial charge < -0.3 is 5.73 Å². The molecule has 0 aromatic carbocycles. The molecule has 0 saturated heterocycles. The maximum absolute atomic E-state index is 6.26. The number of nitrogens with two attached hydrogens (primary N) is 1. The maximum Gasteiger partial charge on any atom is 0.00697 e. The van der Waals surface area contributed by atoms with Gasteiger partial charge in [-0.3, -0.25) is 0 Å². The van der Waals surface area contributed by atoms with Crippen LogP contribution in [0.2, 0.25) is 0 Å². The van der Waals surface area contributed by atoms with Crippen LogP contribution in [0.1, 0.15) is 53.4 Å². The maximum atomic E-state index is 6.26. The molecule has 1 saturated carbocycles. The average Bonchev–Trinajstić information content (AvgIpc) is 2.08. The van der Waals surface area contributed by atoms with Crippen LogP contribution in [-0.2, 0) is 0 Å². The fourth-order valence-electron chi connectivity index (χ4n) is 2.71. The van der Waals surface area contributed by atoms with E-state index in [4.69, 9.17) is 5.73 Å². The molecule has 0 radical (unpaired) electrons. The molecule has 0 aliphatic heterocycles. The van der Waals surface area contributed by atoms with Gasteiger partial charge in [0.25, 0.3) is 0 Å². The van der Waals surface area contributed by atoms with Crippen molar-refractivity contribution in [2.24, 2.45) is 29.4 Å². The molecular formula is C13H27N. The van der Waals surface area contributed by atoms with Crippen LogP contribution in [0, 0.1) is 23.7 Å².